The molecule has 170 valence electrons. The van der Waals surface area contributed by atoms with Crippen molar-refractivity contribution < 1.29 is 19.4 Å². The summed E-state index contributed by atoms with van der Waals surface area (Å²) in [6.45, 7) is 0.914. The van der Waals surface area contributed by atoms with Crippen molar-refractivity contribution in [2.45, 2.75) is 31.2 Å². The number of carbonyl (C=O) groups is 1. The molecule has 5 rings (SSSR count). The summed E-state index contributed by atoms with van der Waals surface area (Å²) in [6.07, 6.45) is 3.39. The van der Waals surface area contributed by atoms with Crippen molar-refractivity contribution in [2.75, 3.05) is 33.0 Å². The molecule has 0 bridgehead atoms. The van der Waals surface area contributed by atoms with E-state index in [4.69, 9.17) is 15.2 Å². The smallest absolute Gasteiger partial charge is 0.407 e. The third-order valence-electron chi connectivity index (χ3n) is 6.30. The lowest BCUT2D eigenvalue weighted by atomic mass is 10.1. The van der Waals surface area contributed by atoms with E-state index in [2.05, 4.69) is 26.4 Å². The highest BCUT2D eigenvalue weighted by Crippen LogP contribution is 2.47. The molecule has 9 nitrogen and oxygen atoms in total. The molecule has 3 N–H and O–H groups in total. The minimum Gasteiger partial charge on any atom is -0.497 e. The SMILES string of the molecule is COc1cc(C#Cc2c(C3CC3)n(C3CCN(C(=O)O)C3)c3ncnc(N)c23)cc(OC)c1. The average molecular weight is 447 g/mol. The van der Waals surface area contributed by atoms with Crippen molar-refractivity contribution in [3.05, 3.63) is 41.3 Å². The Balaban J connectivity index is 1.67. The molecule has 1 aliphatic heterocycles. The number of anilines is 1. The van der Waals surface area contributed by atoms with Crippen LogP contribution in [0.3, 0.4) is 0 Å². The molecule has 9 heteroatoms. The van der Waals surface area contributed by atoms with E-state index in [0.717, 1.165) is 41.5 Å². The van der Waals surface area contributed by atoms with Gasteiger partial charge in [-0.25, -0.2) is 14.8 Å². The van der Waals surface area contributed by atoms with Gasteiger partial charge in [0.05, 0.1) is 31.2 Å². The average Bonchev–Trinajstić information content (AvgIpc) is 3.43. The van der Waals surface area contributed by atoms with Crippen LogP contribution in [0.4, 0.5) is 10.6 Å². The van der Waals surface area contributed by atoms with Gasteiger partial charge in [0.25, 0.3) is 0 Å². The number of benzene rings is 1. The van der Waals surface area contributed by atoms with Gasteiger partial charge in [-0.1, -0.05) is 11.8 Å². The molecule has 1 atom stereocenters. The topological polar surface area (TPSA) is 116 Å². The lowest BCUT2D eigenvalue weighted by Crippen LogP contribution is -2.27. The number of rotatable bonds is 4. The van der Waals surface area contributed by atoms with Crippen molar-refractivity contribution in [3.63, 3.8) is 0 Å². The number of likely N-dealkylation sites (tertiary alicyclic amines) is 1. The van der Waals surface area contributed by atoms with E-state index < -0.39 is 6.09 Å². The lowest BCUT2D eigenvalue weighted by molar-refractivity contribution is 0.154. The maximum absolute atomic E-state index is 11.5. The maximum Gasteiger partial charge on any atom is 0.407 e. The van der Waals surface area contributed by atoms with Crippen LogP contribution >= 0.6 is 0 Å². The molecule has 1 unspecified atom stereocenters. The Kier molecular flexibility index (Phi) is 5.21. The van der Waals surface area contributed by atoms with Crippen LogP contribution in [-0.2, 0) is 0 Å². The second-order valence-corrected chi connectivity index (χ2v) is 8.38. The zero-order valence-electron chi connectivity index (χ0n) is 18.5. The Labute approximate surface area is 191 Å². The predicted molar refractivity (Wildman–Crippen MR) is 123 cm³/mol. The third kappa shape index (κ3) is 3.78. The molecule has 3 heterocycles. The molecule has 1 aromatic carbocycles. The number of hydrogen-bond donors (Lipinski definition) is 2. The third-order valence-corrected chi connectivity index (χ3v) is 6.30. The van der Waals surface area contributed by atoms with Crippen LogP contribution < -0.4 is 15.2 Å². The fourth-order valence-electron chi connectivity index (χ4n) is 4.57. The molecule has 0 spiro atoms. The number of nitrogen functional groups attached to an aromatic ring is 1. The molecule has 2 aliphatic rings. The monoisotopic (exact) mass is 447 g/mol. The molecule has 2 fully saturated rings. The Bertz CT molecular complexity index is 1280. The van der Waals surface area contributed by atoms with Crippen LogP contribution in [0.2, 0.25) is 0 Å². The highest BCUT2D eigenvalue weighted by molar-refractivity contribution is 5.94. The van der Waals surface area contributed by atoms with Gasteiger partial charge >= 0.3 is 6.09 Å². The van der Waals surface area contributed by atoms with E-state index in [-0.39, 0.29) is 6.04 Å². The number of methoxy groups -OCH3 is 2. The van der Waals surface area contributed by atoms with Gasteiger partial charge in [0.2, 0.25) is 0 Å². The molecule has 3 aromatic rings. The largest absolute Gasteiger partial charge is 0.497 e. The molecule has 0 radical (unpaired) electrons. The summed E-state index contributed by atoms with van der Waals surface area (Å²) >= 11 is 0. The van der Waals surface area contributed by atoms with Crippen molar-refractivity contribution in [1.29, 1.82) is 0 Å². The maximum atomic E-state index is 11.5. The summed E-state index contributed by atoms with van der Waals surface area (Å²) in [4.78, 5) is 21.8. The van der Waals surface area contributed by atoms with E-state index in [1.165, 1.54) is 11.2 Å². The van der Waals surface area contributed by atoms with E-state index in [9.17, 15) is 9.90 Å². The second-order valence-electron chi connectivity index (χ2n) is 8.38. The number of hydrogen-bond acceptors (Lipinski definition) is 6. The van der Waals surface area contributed by atoms with Crippen molar-refractivity contribution >= 4 is 22.9 Å². The summed E-state index contributed by atoms with van der Waals surface area (Å²) in [5, 5.41) is 10.2. The van der Waals surface area contributed by atoms with Gasteiger partial charge < -0.3 is 29.8 Å². The number of carboxylic acid groups (broad SMARTS) is 1. The van der Waals surface area contributed by atoms with Crippen molar-refractivity contribution in [1.82, 2.24) is 19.4 Å². The van der Waals surface area contributed by atoms with Gasteiger partial charge in [-0.3, -0.25) is 0 Å². The molecule has 1 amide bonds. The van der Waals surface area contributed by atoms with Gasteiger partial charge in [-0.2, -0.15) is 0 Å². The molecule has 33 heavy (non-hydrogen) atoms. The number of aromatic nitrogens is 3. The second kappa shape index (κ2) is 8.20. The fraction of sp³-hybridized carbons (Fsp3) is 0.375. The molecular formula is C24H25N5O4. The molecule has 2 aromatic heterocycles. The van der Waals surface area contributed by atoms with Gasteiger partial charge in [-0.15, -0.1) is 0 Å². The first kappa shape index (κ1) is 20.9. The minimum atomic E-state index is -0.900. The van der Waals surface area contributed by atoms with Crippen molar-refractivity contribution in [3.8, 4) is 23.3 Å². The number of nitrogens with two attached hydrogens (primary N) is 1. The molecule has 1 saturated heterocycles. The van der Waals surface area contributed by atoms with E-state index >= 15 is 0 Å². The zero-order chi connectivity index (χ0) is 23.1. The van der Waals surface area contributed by atoms with Crippen LogP contribution in [0.15, 0.2) is 24.5 Å². The number of fused-ring (bicyclic) bond motifs is 1. The Morgan fingerprint density at radius 1 is 1.12 bits per heavy atom. The summed E-state index contributed by atoms with van der Waals surface area (Å²) in [5.41, 5.74) is 9.69. The first-order chi connectivity index (χ1) is 16.0. The number of nitrogens with zero attached hydrogens (tertiary/aromatic N) is 4. The Morgan fingerprint density at radius 2 is 1.85 bits per heavy atom. The summed E-state index contributed by atoms with van der Waals surface area (Å²) in [6, 6.07) is 5.49. The van der Waals surface area contributed by atoms with Crippen LogP contribution in [0.25, 0.3) is 11.0 Å². The first-order valence-electron chi connectivity index (χ1n) is 10.9. The van der Waals surface area contributed by atoms with Gasteiger partial charge in [0.15, 0.2) is 0 Å². The molecule has 1 saturated carbocycles. The van der Waals surface area contributed by atoms with Crippen LogP contribution in [0, 0.1) is 11.8 Å². The van der Waals surface area contributed by atoms with Crippen LogP contribution in [0.1, 0.15) is 48.0 Å². The van der Waals surface area contributed by atoms with E-state index in [0.29, 0.717) is 42.0 Å². The van der Waals surface area contributed by atoms with Crippen molar-refractivity contribution in [2.24, 2.45) is 0 Å². The summed E-state index contributed by atoms with van der Waals surface area (Å²) in [7, 11) is 3.20. The number of amides is 1. The van der Waals surface area contributed by atoms with E-state index in [1.807, 2.05) is 12.1 Å². The fourth-order valence-corrected chi connectivity index (χ4v) is 4.57. The standard InChI is InChI=1S/C24H25N5O4/c1-32-17-9-14(10-18(11-17)33-2)3-6-19-20-22(25)26-13-27-23(20)29(21(19)15-4-5-15)16-7-8-28(12-16)24(30)31/h9-11,13,15-16H,4-5,7-8,12H2,1-2H3,(H,30,31)(H2,25,26,27). The number of ether oxygens (including phenoxy) is 2. The van der Waals surface area contributed by atoms with Crippen LogP contribution in [0.5, 0.6) is 11.5 Å². The van der Waals surface area contributed by atoms with E-state index in [1.54, 1.807) is 20.3 Å². The normalized spacial score (nSPS) is 17.6. The minimum absolute atomic E-state index is 0.0130. The Morgan fingerprint density at radius 3 is 2.45 bits per heavy atom. The van der Waals surface area contributed by atoms with Crippen LogP contribution in [-0.4, -0.2) is 57.9 Å². The van der Waals surface area contributed by atoms with Gasteiger partial charge in [0, 0.05) is 36.3 Å². The highest BCUT2D eigenvalue weighted by Gasteiger charge is 2.37. The zero-order valence-corrected chi connectivity index (χ0v) is 18.5. The molecular weight excluding hydrogens is 422 g/mol. The summed E-state index contributed by atoms with van der Waals surface area (Å²) < 4.78 is 12.9. The predicted octanol–water partition coefficient (Wildman–Crippen LogP) is 3.23. The first-order valence-corrected chi connectivity index (χ1v) is 10.9. The quantitative estimate of drug-likeness (QED) is 0.590. The van der Waals surface area contributed by atoms with Gasteiger partial charge in [-0.05, 0) is 31.4 Å². The highest BCUT2D eigenvalue weighted by atomic mass is 16.5. The summed E-state index contributed by atoms with van der Waals surface area (Å²) in [5.74, 6) is 8.63. The Hall–Kier alpha value is -3.93. The lowest BCUT2D eigenvalue weighted by Gasteiger charge is -2.18. The molecule has 1 aliphatic carbocycles. The van der Waals surface area contributed by atoms with Gasteiger partial charge in [0.1, 0.15) is 29.3 Å².